The second kappa shape index (κ2) is 43.6. The Kier molecular flexibility index (Phi) is 41.4. The van der Waals surface area contributed by atoms with Crippen LogP contribution in [0.1, 0.15) is 187 Å². The Labute approximate surface area is 369 Å². The number of carboxylic acid groups (broad SMARTS) is 1. The third-order valence-corrected chi connectivity index (χ3v) is 10.7. The number of nitrogens with one attached hydrogen (secondary N) is 1. The molecule has 0 rings (SSSR count). The molecule has 0 aliphatic carbocycles. The minimum atomic E-state index is -4.77. The fourth-order valence-corrected chi connectivity index (χ4v) is 6.87. The molecule has 0 aliphatic heterocycles. The Morgan fingerprint density at radius 2 is 0.951 bits per heavy atom. The molecule has 0 spiro atoms. The lowest BCUT2D eigenvalue weighted by molar-refractivity contribution is -0.147. The number of carboxylic acids is 1. The number of aliphatic carboxylic acids is 1. The average Bonchev–Trinajstić information content (AvgIpc) is 3.24. The Hall–Kier alpha value is -3.08. The van der Waals surface area contributed by atoms with Gasteiger partial charge in [0.15, 0.2) is 6.04 Å². The molecule has 0 aromatic heterocycles. The van der Waals surface area contributed by atoms with Gasteiger partial charge in [0.2, 0.25) is 5.91 Å². The van der Waals surface area contributed by atoms with Gasteiger partial charge in [-0.2, -0.15) is 0 Å². The van der Waals surface area contributed by atoms with Crippen LogP contribution in [0.5, 0.6) is 0 Å². The summed E-state index contributed by atoms with van der Waals surface area (Å²) in [7, 11) is -4.77. The molecule has 0 saturated carbocycles. The Balaban J connectivity index is 3.94. The van der Waals surface area contributed by atoms with Gasteiger partial charge in [-0.05, 0) is 83.5 Å². The minimum absolute atomic E-state index is 0.119. The van der Waals surface area contributed by atoms with Crippen molar-refractivity contribution in [3.8, 4) is 0 Å². The Morgan fingerprint density at radius 1 is 0.541 bits per heavy atom. The number of phosphoric acid groups is 1. The summed E-state index contributed by atoms with van der Waals surface area (Å²) in [6.45, 7) is 2.46. The van der Waals surface area contributed by atoms with Crippen LogP contribution in [-0.4, -0.2) is 64.9 Å². The normalized spacial score (nSPS) is 14.3. The first-order chi connectivity index (χ1) is 29.6. The summed E-state index contributed by atoms with van der Waals surface area (Å²) in [6.07, 6.45) is 52.0. The predicted octanol–water partition coefficient (Wildman–Crippen LogP) is 12.5. The zero-order valence-corrected chi connectivity index (χ0v) is 38.8. The van der Waals surface area contributed by atoms with Crippen molar-refractivity contribution in [1.29, 1.82) is 0 Å². The van der Waals surface area contributed by atoms with Crippen LogP contribution in [0.4, 0.5) is 0 Å². The number of rotatable bonds is 43. The quantitative estimate of drug-likeness (QED) is 0.0200. The molecule has 4 N–H and O–H groups in total. The molecule has 12 heteroatoms. The van der Waals surface area contributed by atoms with Crippen LogP contribution in [0.3, 0.4) is 0 Å². The molecule has 1 amide bonds. The number of phosphoric ester groups is 1. The van der Waals surface area contributed by atoms with E-state index in [1.54, 1.807) is 0 Å². The first-order valence-corrected chi connectivity index (χ1v) is 25.0. The molecule has 11 nitrogen and oxygen atoms in total. The molecule has 0 heterocycles. The van der Waals surface area contributed by atoms with E-state index in [0.717, 1.165) is 103 Å². The van der Waals surface area contributed by atoms with Gasteiger partial charge >= 0.3 is 19.8 Å². The molecule has 0 aromatic carbocycles. The maximum atomic E-state index is 12.3. The van der Waals surface area contributed by atoms with Crippen molar-refractivity contribution in [1.82, 2.24) is 5.32 Å². The van der Waals surface area contributed by atoms with Gasteiger partial charge in [-0.15, -0.1) is 0 Å². The number of allylic oxidation sites excluding steroid dienone is 12. The number of carbonyl (C=O) groups is 3. The van der Waals surface area contributed by atoms with Crippen LogP contribution in [0.2, 0.25) is 0 Å². The van der Waals surface area contributed by atoms with E-state index in [0.29, 0.717) is 12.8 Å². The first-order valence-electron chi connectivity index (χ1n) is 23.5. The highest BCUT2D eigenvalue weighted by Gasteiger charge is 2.28. The summed E-state index contributed by atoms with van der Waals surface area (Å²) >= 11 is 0. The zero-order chi connectivity index (χ0) is 44.9. The summed E-state index contributed by atoms with van der Waals surface area (Å²) in [4.78, 5) is 46.0. The standard InChI is InChI=1S/C49H84NO10P/c1-3-5-7-9-11-13-15-17-19-21-22-23-24-25-26-28-30-32-34-36-38-40-47(52)50-46(49(54)55)44-60-61(56,57)59-43-45(51)42-58-48(53)41-39-37-35-33-31-29-27-20-18-16-14-12-10-8-6-4-2/h5,7,11,13,17,19-20,22-23,25-27,45-46,51H,3-4,6,8-10,12,14-16,18,21,24,28-44H2,1-2H3,(H,50,52)(H,54,55)(H,56,57)/b7-5-,13-11-,19-17-,23-22-,26-25-,27-20-. The summed E-state index contributed by atoms with van der Waals surface area (Å²) in [5.74, 6) is -2.41. The Morgan fingerprint density at radius 3 is 1.44 bits per heavy atom. The highest BCUT2D eigenvalue weighted by molar-refractivity contribution is 7.47. The van der Waals surface area contributed by atoms with Gasteiger partial charge in [-0.1, -0.05) is 164 Å². The topological polar surface area (TPSA) is 169 Å². The number of ether oxygens (including phenoxy) is 1. The summed E-state index contributed by atoms with van der Waals surface area (Å²) in [5, 5.41) is 21.9. The SMILES string of the molecule is CC/C=C\C/C=C\C/C=C\C/C=C\C/C=C\CCCCCCCC(=O)NC(COP(=O)(O)OCC(O)COC(=O)CCCCCCC/C=C\CCCCCCCCC)C(=O)O. The second-order valence-corrected chi connectivity index (χ2v) is 17.0. The van der Waals surface area contributed by atoms with Gasteiger partial charge in [-0.25, -0.2) is 9.36 Å². The smallest absolute Gasteiger partial charge is 0.472 e. The van der Waals surface area contributed by atoms with Crippen LogP contribution in [0.25, 0.3) is 0 Å². The predicted molar refractivity (Wildman–Crippen MR) is 249 cm³/mol. The second-order valence-electron chi connectivity index (χ2n) is 15.6. The minimum Gasteiger partial charge on any atom is -0.480 e. The highest BCUT2D eigenvalue weighted by atomic mass is 31.2. The van der Waals surface area contributed by atoms with E-state index in [2.05, 4.69) is 92.1 Å². The number of unbranched alkanes of at least 4 members (excludes halogenated alkanes) is 17. The molecular formula is C49H84NO10P. The molecule has 0 saturated heterocycles. The molecular weight excluding hydrogens is 794 g/mol. The van der Waals surface area contributed by atoms with E-state index in [4.69, 9.17) is 13.8 Å². The van der Waals surface area contributed by atoms with Gasteiger partial charge in [0.05, 0.1) is 13.2 Å². The van der Waals surface area contributed by atoms with Gasteiger partial charge in [0.25, 0.3) is 0 Å². The van der Waals surface area contributed by atoms with Gasteiger partial charge in [-0.3, -0.25) is 18.6 Å². The largest absolute Gasteiger partial charge is 0.480 e. The van der Waals surface area contributed by atoms with Crippen molar-refractivity contribution >= 4 is 25.7 Å². The van der Waals surface area contributed by atoms with Gasteiger partial charge in [0.1, 0.15) is 12.7 Å². The van der Waals surface area contributed by atoms with Crippen molar-refractivity contribution in [2.24, 2.45) is 0 Å². The lowest BCUT2D eigenvalue weighted by Crippen LogP contribution is -2.43. The lowest BCUT2D eigenvalue weighted by atomic mass is 10.1. The van der Waals surface area contributed by atoms with Gasteiger partial charge in [0, 0.05) is 12.8 Å². The number of amides is 1. The molecule has 3 unspecified atom stereocenters. The zero-order valence-electron chi connectivity index (χ0n) is 37.9. The van der Waals surface area contributed by atoms with E-state index in [1.165, 1.54) is 44.9 Å². The van der Waals surface area contributed by atoms with Crippen molar-refractivity contribution in [2.75, 3.05) is 19.8 Å². The lowest BCUT2D eigenvalue weighted by Gasteiger charge is -2.18. The van der Waals surface area contributed by atoms with Gasteiger partial charge < -0.3 is 25.2 Å². The maximum absolute atomic E-state index is 12.3. The molecule has 0 aliphatic rings. The number of aliphatic hydroxyl groups is 1. The number of aliphatic hydroxyl groups excluding tert-OH is 1. The summed E-state index contributed by atoms with van der Waals surface area (Å²) in [6, 6.07) is -1.56. The van der Waals surface area contributed by atoms with E-state index < -0.39 is 57.6 Å². The third-order valence-electron chi connectivity index (χ3n) is 9.73. The van der Waals surface area contributed by atoms with Crippen molar-refractivity contribution in [3.63, 3.8) is 0 Å². The van der Waals surface area contributed by atoms with Crippen LogP contribution < -0.4 is 5.32 Å². The molecule has 350 valence electrons. The number of carbonyl (C=O) groups excluding carboxylic acids is 2. The van der Waals surface area contributed by atoms with Crippen LogP contribution in [0, 0.1) is 0 Å². The average molecular weight is 878 g/mol. The van der Waals surface area contributed by atoms with E-state index >= 15 is 0 Å². The molecule has 0 bridgehead atoms. The summed E-state index contributed by atoms with van der Waals surface area (Å²) < 4.78 is 26.9. The monoisotopic (exact) mass is 878 g/mol. The van der Waals surface area contributed by atoms with Crippen molar-refractivity contribution in [3.05, 3.63) is 72.9 Å². The Bertz CT molecular complexity index is 1310. The van der Waals surface area contributed by atoms with Crippen LogP contribution in [0.15, 0.2) is 72.9 Å². The molecule has 3 atom stereocenters. The van der Waals surface area contributed by atoms with Crippen LogP contribution in [-0.2, 0) is 32.7 Å². The van der Waals surface area contributed by atoms with Crippen LogP contribution >= 0.6 is 7.82 Å². The molecule has 0 aromatic rings. The number of esters is 1. The third kappa shape index (κ3) is 43.4. The fraction of sp³-hybridized carbons (Fsp3) is 0.694. The maximum Gasteiger partial charge on any atom is 0.472 e. The van der Waals surface area contributed by atoms with Crippen molar-refractivity contribution in [2.45, 2.75) is 199 Å². The summed E-state index contributed by atoms with van der Waals surface area (Å²) in [5.41, 5.74) is 0. The first kappa shape index (κ1) is 57.9. The molecule has 0 fully saturated rings. The molecule has 61 heavy (non-hydrogen) atoms. The van der Waals surface area contributed by atoms with E-state index in [1.807, 2.05) is 0 Å². The number of hydrogen-bond acceptors (Lipinski definition) is 8. The fourth-order valence-electron chi connectivity index (χ4n) is 6.10. The van der Waals surface area contributed by atoms with Crippen molar-refractivity contribution < 1.29 is 47.8 Å². The highest BCUT2D eigenvalue weighted by Crippen LogP contribution is 2.43. The molecule has 0 radical (unpaired) electrons. The number of hydrogen-bond donors (Lipinski definition) is 4. The van der Waals surface area contributed by atoms with E-state index in [-0.39, 0.29) is 12.8 Å². The van der Waals surface area contributed by atoms with E-state index in [9.17, 15) is 34.1 Å².